The monoisotopic (exact) mass is 307 g/mol. The van der Waals surface area contributed by atoms with E-state index >= 15 is 0 Å². The molecule has 1 unspecified atom stereocenters. The SMILES string of the molecule is O=S(O)c1cccc(-n2c3ccccc3c3ccccc32)c1. The van der Waals surface area contributed by atoms with E-state index in [2.05, 4.69) is 28.8 Å². The van der Waals surface area contributed by atoms with Gasteiger partial charge >= 0.3 is 0 Å². The van der Waals surface area contributed by atoms with Gasteiger partial charge in [-0.05, 0) is 30.3 Å². The van der Waals surface area contributed by atoms with E-state index < -0.39 is 11.1 Å². The fourth-order valence-electron chi connectivity index (χ4n) is 2.93. The summed E-state index contributed by atoms with van der Waals surface area (Å²) in [6, 6.07) is 23.6. The van der Waals surface area contributed by atoms with E-state index in [9.17, 15) is 8.76 Å². The van der Waals surface area contributed by atoms with Gasteiger partial charge in [0.2, 0.25) is 0 Å². The van der Waals surface area contributed by atoms with Crippen LogP contribution < -0.4 is 0 Å². The summed E-state index contributed by atoms with van der Waals surface area (Å²) in [5, 5.41) is 2.35. The van der Waals surface area contributed by atoms with Gasteiger partial charge < -0.3 is 9.12 Å². The van der Waals surface area contributed by atoms with Crippen molar-refractivity contribution < 1.29 is 8.76 Å². The van der Waals surface area contributed by atoms with Crippen molar-refractivity contribution in [2.24, 2.45) is 0 Å². The molecule has 1 N–H and O–H groups in total. The van der Waals surface area contributed by atoms with Gasteiger partial charge in [-0.25, -0.2) is 4.21 Å². The summed E-state index contributed by atoms with van der Waals surface area (Å²) in [7, 11) is 0. The molecule has 4 rings (SSSR count). The normalized spacial score (nSPS) is 12.8. The predicted molar refractivity (Wildman–Crippen MR) is 89.8 cm³/mol. The maximum absolute atomic E-state index is 11.4. The van der Waals surface area contributed by atoms with E-state index in [-0.39, 0.29) is 0 Å². The van der Waals surface area contributed by atoms with Crippen molar-refractivity contribution in [3.63, 3.8) is 0 Å². The summed E-state index contributed by atoms with van der Waals surface area (Å²) in [5.41, 5.74) is 3.06. The van der Waals surface area contributed by atoms with Gasteiger partial charge in [-0.15, -0.1) is 0 Å². The first-order valence-electron chi connectivity index (χ1n) is 6.95. The minimum absolute atomic E-state index is 0.402. The molecule has 3 aromatic carbocycles. The number of hydrogen-bond acceptors (Lipinski definition) is 1. The molecule has 0 fully saturated rings. The van der Waals surface area contributed by atoms with E-state index in [0.29, 0.717) is 4.90 Å². The van der Waals surface area contributed by atoms with Gasteiger partial charge in [-0.3, -0.25) is 0 Å². The Morgan fingerprint density at radius 2 is 1.36 bits per heavy atom. The Morgan fingerprint density at radius 3 is 1.95 bits per heavy atom. The van der Waals surface area contributed by atoms with E-state index in [4.69, 9.17) is 0 Å². The molecule has 0 aliphatic carbocycles. The number of fused-ring (bicyclic) bond motifs is 3. The third-order valence-electron chi connectivity index (χ3n) is 3.86. The van der Waals surface area contributed by atoms with Crippen molar-refractivity contribution in [1.82, 2.24) is 4.57 Å². The highest BCUT2D eigenvalue weighted by Gasteiger charge is 2.12. The Kier molecular flexibility index (Phi) is 3.06. The lowest BCUT2D eigenvalue weighted by Gasteiger charge is -2.08. The lowest BCUT2D eigenvalue weighted by atomic mass is 10.2. The molecule has 3 nitrogen and oxygen atoms in total. The number of nitrogens with zero attached hydrogens (tertiary/aromatic N) is 1. The first-order valence-corrected chi connectivity index (χ1v) is 8.06. The van der Waals surface area contributed by atoms with Gasteiger partial charge in [-0.1, -0.05) is 42.5 Å². The van der Waals surface area contributed by atoms with Gasteiger partial charge in [0.25, 0.3) is 0 Å². The number of para-hydroxylation sites is 2. The molecule has 1 heterocycles. The number of benzene rings is 3. The van der Waals surface area contributed by atoms with Crippen LogP contribution in [0.4, 0.5) is 0 Å². The van der Waals surface area contributed by atoms with Crippen molar-refractivity contribution >= 4 is 32.9 Å². The average molecular weight is 307 g/mol. The topological polar surface area (TPSA) is 42.2 Å². The fourth-order valence-corrected chi connectivity index (χ4v) is 3.35. The molecule has 4 aromatic rings. The zero-order chi connectivity index (χ0) is 15.1. The fraction of sp³-hybridized carbons (Fsp3) is 0. The van der Waals surface area contributed by atoms with Gasteiger partial charge in [0.1, 0.15) is 0 Å². The van der Waals surface area contributed by atoms with Crippen molar-refractivity contribution in [2.45, 2.75) is 4.90 Å². The molecule has 1 atom stereocenters. The van der Waals surface area contributed by atoms with Crippen LogP contribution in [0.15, 0.2) is 77.7 Å². The first kappa shape index (κ1) is 13.2. The van der Waals surface area contributed by atoms with Crippen molar-refractivity contribution in [2.75, 3.05) is 0 Å². The van der Waals surface area contributed by atoms with Gasteiger partial charge in [0, 0.05) is 16.5 Å². The van der Waals surface area contributed by atoms with Crippen LogP contribution in [-0.4, -0.2) is 13.3 Å². The van der Waals surface area contributed by atoms with Crippen LogP contribution in [-0.2, 0) is 11.1 Å². The minimum atomic E-state index is -1.98. The lowest BCUT2D eigenvalue weighted by Crippen LogP contribution is -1.96. The molecule has 4 heteroatoms. The van der Waals surface area contributed by atoms with Crippen molar-refractivity contribution in [1.29, 1.82) is 0 Å². The van der Waals surface area contributed by atoms with E-state index in [0.717, 1.165) is 16.7 Å². The standard InChI is InChI=1S/C18H13NO2S/c20-22(21)14-7-5-6-13(12-14)19-17-10-3-1-8-15(17)16-9-2-4-11-18(16)19/h1-12H,(H,20,21). The van der Waals surface area contributed by atoms with Crippen molar-refractivity contribution in [3.8, 4) is 5.69 Å². The molecule has 0 spiro atoms. The Bertz CT molecular complexity index is 967. The Balaban J connectivity index is 2.13. The summed E-state index contributed by atoms with van der Waals surface area (Å²) >= 11 is -1.98. The molecule has 1 aromatic heterocycles. The highest BCUT2D eigenvalue weighted by Crippen LogP contribution is 2.31. The zero-order valence-electron chi connectivity index (χ0n) is 11.6. The number of aromatic nitrogens is 1. The summed E-state index contributed by atoms with van der Waals surface area (Å²) in [6.45, 7) is 0. The molecule has 108 valence electrons. The quantitative estimate of drug-likeness (QED) is 0.559. The molecule has 0 amide bonds. The summed E-state index contributed by atoms with van der Waals surface area (Å²) < 4.78 is 22.8. The minimum Gasteiger partial charge on any atom is -0.309 e. The third-order valence-corrected chi connectivity index (χ3v) is 4.51. The smallest absolute Gasteiger partial charge is 0.186 e. The van der Waals surface area contributed by atoms with Crippen LogP contribution in [0.2, 0.25) is 0 Å². The van der Waals surface area contributed by atoms with Gasteiger partial charge in [-0.2, -0.15) is 0 Å². The van der Waals surface area contributed by atoms with Crippen LogP contribution >= 0.6 is 0 Å². The Hall–Kier alpha value is -2.43. The number of hydrogen-bond donors (Lipinski definition) is 1. The van der Waals surface area contributed by atoms with Crippen LogP contribution in [0.5, 0.6) is 0 Å². The van der Waals surface area contributed by atoms with Crippen LogP contribution in [0.25, 0.3) is 27.5 Å². The van der Waals surface area contributed by atoms with Crippen LogP contribution in [0.1, 0.15) is 0 Å². The molecule has 0 aliphatic heterocycles. The largest absolute Gasteiger partial charge is 0.309 e. The zero-order valence-corrected chi connectivity index (χ0v) is 12.5. The molecule has 0 aliphatic rings. The first-order chi connectivity index (χ1) is 10.8. The second kappa shape index (κ2) is 5.09. The van der Waals surface area contributed by atoms with Gasteiger partial charge in [0.15, 0.2) is 11.1 Å². The van der Waals surface area contributed by atoms with E-state index in [1.807, 2.05) is 36.4 Å². The average Bonchev–Trinajstić information content (AvgIpc) is 2.89. The highest BCUT2D eigenvalue weighted by molar-refractivity contribution is 7.79. The van der Waals surface area contributed by atoms with Crippen LogP contribution in [0.3, 0.4) is 0 Å². The molecule has 0 saturated heterocycles. The summed E-state index contributed by atoms with van der Waals surface area (Å²) in [4.78, 5) is 0.402. The van der Waals surface area contributed by atoms with E-state index in [1.165, 1.54) is 10.8 Å². The maximum atomic E-state index is 11.4. The second-order valence-electron chi connectivity index (χ2n) is 5.12. The van der Waals surface area contributed by atoms with Crippen molar-refractivity contribution in [3.05, 3.63) is 72.8 Å². The molecule has 0 bridgehead atoms. The lowest BCUT2D eigenvalue weighted by molar-refractivity contribution is 0.564. The third kappa shape index (κ3) is 1.96. The van der Waals surface area contributed by atoms with E-state index in [1.54, 1.807) is 12.1 Å². The van der Waals surface area contributed by atoms with Gasteiger partial charge in [0.05, 0.1) is 15.9 Å². The molecule has 0 saturated carbocycles. The Labute approximate surface area is 130 Å². The highest BCUT2D eigenvalue weighted by atomic mass is 32.2. The van der Waals surface area contributed by atoms with Crippen LogP contribution in [0, 0.1) is 0 Å². The summed E-state index contributed by atoms with van der Waals surface area (Å²) in [5.74, 6) is 0. The second-order valence-corrected chi connectivity index (χ2v) is 6.09. The molecular formula is C18H13NO2S. The predicted octanol–water partition coefficient (Wildman–Crippen LogP) is 4.36. The molecule has 22 heavy (non-hydrogen) atoms. The molecule has 0 radical (unpaired) electrons. The Morgan fingerprint density at radius 1 is 0.773 bits per heavy atom. The summed E-state index contributed by atoms with van der Waals surface area (Å²) in [6.07, 6.45) is 0. The molecular weight excluding hydrogens is 294 g/mol. The maximum Gasteiger partial charge on any atom is 0.186 e. The number of rotatable bonds is 2.